The van der Waals surface area contributed by atoms with Gasteiger partial charge >= 0.3 is 5.97 Å². The van der Waals surface area contributed by atoms with Crippen LogP contribution in [0.5, 0.6) is 0 Å². The summed E-state index contributed by atoms with van der Waals surface area (Å²) < 4.78 is 0.891. The van der Waals surface area contributed by atoms with Crippen LogP contribution in [0.15, 0.2) is 16.3 Å². The number of thioether (sulfide) groups is 1. The van der Waals surface area contributed by atoms with Crippen LogP contribution in [0.2, 0.25) is 0 Å². The average molecular weight is 258 g/mol. The highest BCUT2D eigenvalue weighted by Gasteiger charge is 2.09. The number of thiophene rings is 1. The lowest BCUT2D eigenvalue weighted by Crippen LogP contribution is -1.96. The van der Waals surface area contributed by atoms with Gasteiger partial charge in [-0.15, -0.1) is 23.1 Å². The molecule has 0 aliphatic carbocycles. The first-order chi connectivity index (χ1) is 7.63. The maximum Gasteiger partial charge on any atom is 0.313 e. The van der Waals surface area contributed by atoms with E-state index in [1.54, 1.807) is 6.07 Å². The second-order valence-electron chi connectivity index (χ2n) is 3.33. The quantitative estimate of drug-likeness (QED) is 0.602. The van der Waals surface area contributed by atoms with E-state index in [1.807, 2.05) is 6.07 Å². The van der Waals surface area contributed by atoms with Gasteiger partial charge in [-0.1, -0.05) is 13.3 Å². The molecule has 0 spiro atoms. The van der Waals surface area contributed by atoms with Crippen LogP contribution >= 0.6 is 23.1 Å². The predicted molar refractivity (Wildman–Crippen MR) is 66.5 cm³/mol. The fraction of sp³-hybridized carbons (Fsp3) is 0.455. The number of unbranched alkanes of at least 4 members (excludes halogenated alkanes) is 1. The molecular weight excluding hydrogens is 244 g/mol. The number of carbonyl (C=O) groups is 2. The number of rotatable bonds is 7. The summed E-state index contributed by atoms with van der Waals surface area (Å²) in [4.78, 5) is 22.7. The molecule has 0 bridgehead atoms. The Morgan fingerprint density at radius 1 is 1.44 bits per heavy atom. The molecule has 0 aromatic carbocycles. The van der Waals surface area contributed by atoms with Gasteiger partial charge in [-0.2, -0.15) is 0 Å². The number of Topliss-reactive ketones (excluding diaryl/α,β-unsaturated/α-hetero) is 1. The summed E-state index contributed by atoms with van der Waals surface area (Å²) in [5.41, 5.74) is 0. The Balaban J connectivity index is 2.50. The zero-order valence-electron chi connectivity index (χ0n) is 9.06. The summed E-state index contributed by atoms with van der Waals surface area (Å²) in [6, 6.07) is 3.60. The fourth-order valence-electron chi connectivity index (χ4n) is 1.14. The van der Waals surface area contributed by atoms with Gasteiger partial charge in [-0.3, -0.25) is 9.59 Å². The summed E-state index contributed by atoms with van der Waals surface area (Å²) in [5, 5.41) is 8.52. The average Bonchev–Trinajstić information content (AvgIpc) is 2.71. The third-order valence-corrected chi connectivity index (χ3v) is 4.29. The van der Waals surface area contributed by atoms with E-state index in [0.717, 1.165) is 21.9 Å². The second kappa shape index (κ2) is 6.70. The van der Waals surface area contributed by atoms with Crippen molar-refractivity contribution >= 4 is 34.9 Å². The highest BCUT2D eigenvalue weighted by molar-refractivity contribution is 8.01. The van der Waals surface area contributed by atoms with E-state index in [4.69, 9.17) is 5.11 Å². The summed E-state index contributed by atoms with van der Waals surface area (Å²) in [7, 11) is 0. The first kappa shape index (κ1) is 13.3. The lowest BCUT2D eigenvalue weighted by Gasteiger charge is -1.95. The van der Waals surface area contributed by atoms with Crippen molar-refractivity contribution in [1.82, 2.24) is 0 Å². The molecule has 1 aromatic rings. The van der Waals surface area contributed by atoms with E-state index in [9.17, 15) is 9.59 Å². The van der Waals surface area contributed by atoms with Crippen molar-refractivity contribution < 1.29 is 14.7 Å². The molecule has 1 heterocycles. The molecule has 0 unspecified atom stereocenters. The van der Waals surface area contributed by atoms with Crippen LogP contribution in [0.3, 0.4) is 0 Å². The number of hydrogen-bond acceptors (Lipinski definition) is 4. The summed E-state index contributed by atoms with van der Waals surface area (Å²) in [6.45, 7) is 2.05. The van der Waals surface area contributed by atoms with E-state index in [0.29, 0.717) is 6.42 Å². The van der Waals surface area contributed by atoms with E-state index in [1.165, 1.54) is 23.1 Å². The van der Waals surface area contributed by atoms with Crippen LogP contribution in [0.1, 0.15) is 35.9 Å². The molecule has 0 amide bonds. The zero-order chi connectivity index (χ0) is 12.0. The van der Waals surface area contributed by atoms with Crippen LogP contribution < -0.4 is 0 Å². The topological polar surface area (TPSA) is 54.4 Å². The highest BCUT2D eigenvalue weighted by Crippen LogP contribution is 2.28. The highest BCUT2D eigenvalue weighted by atomic mass is 32.2. The maximum absolute atomic E-state index is 11.6. The molecule has 1 N–H and O–H groups in total. The van der Waals surface area contributed by atoms with Gasteiger partial charge in [0.2, 0.25) is 0 Å². The first-order valence-electron chi connectivity index (χ1n) is 5.11. The van der Waals surface area contributed by atoms with Gasteiger partial charge < -0.3 is 5.11 Å². The Morgan fingerprint density at radius 2 is 2.19 bits per heavy atom. The van der Waals surface area contributed by atoms with Crippen LogP contribution in [0.4, 0.5) is 0 Å². The molecule has 0 aliphatic heterocycles. The number of carboxylic acid groups (broad SMARTS) is 1. The largest absolute Gasteiger partial charge is 0.481 e. The Bertz CT molecular complexity index is 371. The molecule has 5 heteroatoms. The third kappa shape index (κ3) is 4.37. The van der Waals surface area contributed by atoms with E-state index < -0.39 is 5.97 Å². The molecule has 0 atom stereocenters. The van der Waals surface area contributed by atoms with Crippen molar-refractivity contribution in [2.24, 2.45) is 0 Å². The van der Waals surface area contributed by atoms with Crippen LogP contribution in [-0.4, -0.2) is 22.6 Å². The Hall–Kier alpha value is -0.810. The Morgan fingerprint density at radius 3 is 2.81 bits per heavy atom. The van der Waals surface area contributed by atoms with Crippen LogP contribution in [0, 0.1) is 0 Å². The minimum atomic E-state index is -0.836. The summed E-state index contributed by atoms with van der Waals surface area (Å²) >= 11 is 2.64. The van der Waals surface area contributed by atoms with Gasteiger partial charge in [0, 0.05) is 6.42 Å². The van der Waals surface area contributed by atoms with Gasteiger partial charge in [0.15, 0.2) is 5.78 Å². The van der Waals surface area contributed by atoms with Gasteiger partial charge in [0.05, 0.1) is 14.8 Å². The number of carboxylic acids is 1. The minimum Gasteiger partial charge on any atom is -0.481 e. The molecule has 1 aromatic heterocycles. The van der Waals surface area contributed by atoms with Crippen molar-refractivity contribution in [2.75, 3.05) is 5.75 Å². The number of aliphatic carboxylic acids is 1. The molecule has 0 fully saturated rings. The normalized spacial score (nSPS) is 10.3. The van der Waals surface area contributed by atoms with Gasteiger partial charge in [0.25, 0.3) is 0 Å². The van der Waals surface area contributed by atoms with Crippen molar-refractivity contribution in [3.05, 3.63) is 17.0 Å². The Kier molecular flexibility index (Phi) is 5.55. The zero-order valence-corrected chi connectivity index (χ0v) is 10.7. The van der Waals surface area contributed by atoms with E-state index in [2.05, 4.69) is 6.92 Å². The summed E-state index contributed by atoms with van der Waals surface area (Å²) in [6.07, 6.45) is 2.51. The molecule has 0 radical (unpaired) electrons. The van der Waals surface area contributed by atoms with Crippen molar-refractivity contribution in [2.45, 2.75) is 30.4 Å². The van der Waals surface area contributed by atoms with Crippen LogP contribution in [0.25, 0.3) is 0 Å². The SMILES string of the molecule is CCCCC(=O)c1ccc(SCC(=O)O)s1. The molecule has 0 saturated carbocycles. The molecule has 3 nitrogen and oxygen atoms in total. The number of hydrogen-bond donors (Lipinski definition) is 1. The van der Waals surface area contributed by atoms with E-state index in [-0.39, 0.29) is 11.5 Å². The molecule has 0 saturated heterocycles. The smallest absolute Gasteiger partial charge is 0.313 e. The lowest BCUT2D eigenvalue weighted by molar-refractivity contribution is -0.133. The lowest BCUT2D eigenvalue weighted by atomic mass is 10.2. The molecule has 1 rings (SSSR count). The predicted octanol–water partition coefficient (Wildman–Crippen LogP) is 3.30. The van der Waals surface area contributed by atoms with Crippen molar-refractivity contribution in [1.29, 1.82) is 0 Å². The Labute approximate surface area is 103 Å². The van der Waals surface area contributed by atoms with Gasteiger partial charge in [0.1, 0.15) is 0 Å². The minimum absolute atomic E-state index is 0.0447. The molecular formula is C11H14O3S2. The van der Waals surface area contributed by atoms with E-state index >= 15 is 0 Å². The fourth-order valence-corrected chi connectivity index (χ4v) is 2.96. The van der Waals surface area contributed by atoms with Crippen molar-refractivity contribution in [3.8, 4) is 0 Å². The van der Waals surface area contributed by atoms with Gasteiger partial charge in [-0.05, 0) is 18.6 Å². The standard InChI is InChI=1S/C11H14O3S2/c1-2-3-4-8(12)9-5-6-11(16-9)15-7-10(13)14/h5-6H,2-4,7H2,1H3,(H,13,14). The molecule has 16 heavy (non-hydrogen) atoms. The monoisotopic (exact) mass is 258 g/mol. The molecule has 0 aliphatic rings. The summed E-state index contributed by atoms with van der Waals surface area (Å²) in [5.74, 6) is -0.630. The van der Waals surface area contributed by atoms with Crippen molar-refractivity contribution in [3.63, 3.8) is 0 Å². The first-order valence-corrected chi connectivity index (χ1v) is 6.91. The third-order valence-electron chi connectivity index (χ3n) is 1.95. The number of carbonyl (C=O) groups excluding carboxylic acids is 1. The second-order valence-corrected chi connectivity index (χ2v) is 5.69. The van der Waals surface area contributed by atoms with Crippen LogP contribution in [-0.2, 0) is 4.79 Å². The van der Waals surface area contributed by atoms with Gasteiger partial charge in [-0.25, -0.2) is 0 Å². The molecule has 88 valence electrons. The number of ketones is 1. The maximum atomic E-state index is 11.6.